The van der Waals surface area contributed by atoms with Crippen LogP contribution >= 0.6 is 11.6 Å². The van der Waals surface area contributed by atoms with Gasteiger partial charge in [-0.25, -0.2) is 0 Å². The van der Waals surface area contributed by atoms with Crippen LogP contribution in [0, 0.1) is 6.92 Å². The maximum absolute atomic E-state index is 12.3. The predicted octanol–water partition coefficient (Wildman–Crippen LogP) is 4.19. The average Bonchev–Trinajstić information content (AvgIpc) is 2.14. The Morgan fingerprint density at radius 3 is 2.40 bits per heavy atom. The molecule has 0 spiro atoms. The molecule has 0 N–H and O–H groups in total. The van der Waals surface area contributed by atoms with E-state index in [9.17, 15) is 13.2 Å². The molecule has 0 atom stereocenters. The highest BCUT2D eigenvalue weighted by atomic mass is 35.5. The number of alkyl halides is 4. The Morgan fingerprint density at radius 1 is 1.27 bits per heavy atom. The van der Waals surface area contributed by atoms with Crippen LogP contribution in [0.15, 0.2) is 18.2 Å². The topological polar surface area (TPSA) is 0 Å². The Labute approximate surface area is 92.1 Å². The molecule has 0 bridgehead atoms. The fourth-order valence-electron chi connectivity index (χ4n) is 1.41. The van der Waals surface area contributed by atoms with Gasteiger partial charge in [-0.15, -0.1) is 11.6 Å². The van der Waals surface area contributed by atoms with E-state index < -0.39 is 11.7 Å². The van der Waals surface area contributed by atoms with E-state index in [4.69, 9.17) is 11.6 Å². The molecule has 0 unspecified atom stereocenters. The smallest absolute Gasteiger partial charge is 0.166 e. The van der Waals surface area contributed by atoms with Gasteiger partial charge in [0.25, 0.3) is 0 Å². The minimum Gasteiger partial charge on any atom is -0.166 e. The van der Waals surface area contributed by atoms with Crippen molar-refractivity contribution >= 4 is 11.6 Å². The number of benzene rings is 1. The summed E-state index contributed by atoms with van der Waals surface area (Å²) < 4.78 is 37.0. The molecule has 0 aliphatic rings. The van der Waals surface area contributed by atoms with Crippen molar-refractivity contribution in [3.8, 4) is 0 Å². The first-order valence-electron chi connectivity index (χ1n) is 4.68. The minimum absolute atomic E-state index is 0.528. The Hall–Kier alpha value is -0.700. The molecular formula is C11H12ClF3. The Balaban J connectivity index is 2.88. The van der Waals surface area contributed by atoms with Crippen molar-refractivity contribution in [3.63, 3.8) is 0 Å². The van der Waals surface area contributed by atoms with Crippen molar-refractivity contribution in [3.05, 3.63) is 34.9 Å². The lowest BCUT2D eigenvalue weighted by molar-refractivity contribution is -0.137. The summed E-state index contributed by atoms with van der Waals surface area (Å²) in [6.45, 7) is 1.69. The lowest BCUT2D eigenvalue weighted by atomic mass is 10.0. The molecule has 0 fully saturated rings. The molecule has 0 aromatic heterocycles. The van der Waals surface area contributed by atoms with Gasteiger partial charge >= 0.3 is 6.18 Å². The summed E-state index contributed by atoms with van der Waals surface area (Å²) in [6, 6.07) is 3.84. The lowest BCUT2D eigenvalue weighted by Crippen LogP contribution is -2.05. The zero-order valence-electron chi connectivity index (χ0n) is 8.37. The molecule has 0 amide bonds. The third-order valence-corrected chi connectivity index (χ3v) is 2.52. The van der Waals surface area contributed by atoms with E-state index in [-0.39, 0.29) is 0 Å². The molecule has 84 valence electrons. The highest BCUT2D eigenvalue weighted by Gasteiger charge is 2.30. The SMILES string of the molecule is Cc1cc(C(F)(F)F)ccc1CCCCl. The maximum Gasteiger partial charge on any atom is 0.416 e. The molecule has 15 heavy (non-hydrogen) atoms. The summed E-state index contributed by atoms with van der Waals surface area (Å²) in [5.74, 6) is 0.528. The maximum atomic E-state index is 12.3. The largest absolute Gasteiger partial charge is 0.416 e. The summed E-state index contributed by atoms with van der Waals surface area (Å²) in [5.41, 5.74) is 1.02. The van der Waals surface area contributed by atoms with Gasteiger partial charge in [0.05, 0.1) is 5.56 Å². The number of hydrogen-bond acceptors (Lipinski definition) is 0. The van der Waals surface area contributed by atoms with E-state index in [1.165, 1.54) is 12.1 Å². The summed E-state index contributed by atoms with van der Waals surface area (Å²) in [4.78, 5) is 0. The lowest BCUT2D eigenvalue weighted by Gasteiger charge is -2.10. The molecule has 0 heterocycles. The zero-order chi connectivity index (χ0) is 11.5. The van der Waals surface area contributed by atoms with Gasteiger partial charge in [0.15, 0.2) is 0 Å². The van der Waals surface area contributed by atoms with E-state index in [1.807, 2.05) is 0 Å². The molecule has 0 nitrogen and oxygen atoms in total. The quantitative estimate of drug-likeness (QED) is 0.691. The first-order valence-corrected chi connectivity index (χ1v) is 5.21. The molecular weight excluding hydrogens is 225 g/mol. The van der Waals surface area contributed by atoms with Crippen molar-refractivity contribution in [2.75, 3.05) is 5.88 Å². The Bertz CT molecular complexity index is 331. The number of hydrogen-bond donors (Lipinski definition) is 0. The van der Waals surface area contributed by atoms with Crippen LogP contribution in [0.25, 0.3) is 0 Å². The van der Waals surface area contributed by atoms with Gasteiger partial charge in [-0.2, -0.15) is 13.2 Å². The molecule has 4 heteroatoms. The fraction of sp³-hybridized carbons (Fsp3) is 0.455. The summed E-state index contributed by atoms with van der Waals surface area (Å²) >= 11 is 5.53. The number of rotatable bonds is 3. The van der Waals surface area contributed by atoms with Gasteiger partial charge in [-0.1, -0.05) is 6.07 Å². The third kappa shape index (κ3) is 3.42. The molecule has 1 aromatic carbocycles. The van der Waals surface area contributed by atoms with Crippen molar-refractivity contribution < 1.29 is 13.2 Å². The van der Waals surface area contributed by atoms with Crippen LogP contribution in [0.4, 0.5) is 13.2 Å². The second-order valence-electron chi connectivity index (χ2n) is 3.43. The number of aryl methyl sites for hydroxylation is 2. The summed E-state index contributed by atoms with van der Waals surface area (Å²) in [7, 11) is 0. The van der Waals surface area contributed by atoms with Gasteiger partial charge < -0.3 is 0 Å². The van der Waals surface area contributed by atoms with E-state index in [1.54, 1.807) is 6.92 Å². The summed E-state index contributed by atoms with van der Waals surface area (Å²) in [5, 5.41) is 0. The van der Waals surface area contributed by atoms with Crippen molar-refractivity contribution in [1.29, 1.82) is 0 Å². The van der Waals surface area contributed by atoms with Crippen LogP contribution in [0.3, 0.4) is 0 Å². The first-order chi connectivity index (χ1) is 6.95. The highest BCUT2D eigenvalue weighted by Crippen LogP contribution is 2.30. The van der Waals surface area contributed by atoms with Crippen LogP contribution in [0.1, 0.15) is 23.1 Å². The predicted molar refractivity (Wildman–Crippen MR) is 55.2 cm³/mol. The molecule has 1 rings (SSSR count). The van der Waals surface area contributed by atoms with Crippen molar-refractivity contribution in [2.45, 2.75) is 25.9 Å². The van der Waals surface area contributed by atoms with E-state index in [0.717, 1.165) is 24.5 Å². The van der Waals surface area contributed by atoms with Crippen LogP contribution in [-0.4, -0.2) is 5.88 Å². The molecule has 0 saturated heterocycles. The monoisotopic (exact) mass is 236 g/mol. The summed E-state index contributed by atoms with van der Waals surface area (Å²) in [6.07, 6.45) is -2.74. The van der Waals surface area contributed by atoms with Gasteiger partial charge in [0, 0.05) is 5.88 Å². The standard InChI is InChI=1S/C11H12ClF3/c1-8-7-10(11(13,14)15)5-4-9(8)3-2-6-12/h4-5,7H,2-3,6H2,1H3. The Morgan fingerprint density at radius 2 is 1.93 bits per heavy atom. The third-order valence-electron chi connectivity index (χ3n) is 2.25. The van der Waals surface area contributed by atoms with Crippen molar-refractivity contribution in [1.82, 2.24) is 0 Å². The van der Waals surface area contributed by atoms with E-state index in [0.29, 0.717) is 11.4 Å². The highest BCUT2D eigenvalue weighted by molar-refractivity contribution is 6.17. The molecule has 1 aromatic rings. The number of halogens is 4. The van der Waals surface area contributed by atoms with Gasteiger partial charge in [-0.05, 0) is 43.0 Å². The van der Waals surface area contributed by atoms with Gasteiger partial charge in [-0.3, -0.25) is 0 Å². The molecule has 0 saturated carbocycles. The second kappa shape index (κ2) is 4.88. The van der Waals surface area contributed by atoms with Crippen LogP contribution in [0.2, 0.25) is 0 Å². The fourth-order valence-corrected chi connectivity index (χ4v) is 1.54. The van der Waals surface area contributed by atoms with Crippen LogP contribution in [0.5, 0.6) is 0 Å². The van der Waals surface area contributed by atoms with E-state index in [2.05, 4.69) is 0 Å². The van der Waals surface area contributed by atoms with Crippen LogP contribution in [-0.2, 0) is 12.6 Å². The second-order valence-corrected chi connectivity index (χ2v) is 3.81. The first kappa shape index (κ1) is 12.4. The molecule has 0 aliphatic heterocycles. The Kier molecular flexibility index (Phi) is 4.03. The average molecular weight is 237 g/mol. The minimum atomic E-state index is -4.25. The molecule has 0 radical (unpaired) electrons. The molecule has 0 aliphatic carbocycles. The zero-order valence-corrected chi connectivity index (χ0v) is 9.12. The van der Waals surface area contributed by atoms with Crippen molar-refractivity contribution in [2.24, 2.45) is 0 Å². The van der Waals surface area contributed by atoms with Gasteiger partial charge in [0.2, 0.25) is 0 Å². The van der Waals surface area contributed by atoms with Crippen LogP contribution < -0.4 is 0 Å². The van der Waals surface area contributed by atoms with Gasteiger partial charge in [0.1, 0.15) is 0 Å². The normalized spacial score (nSPS) is 11.8. The van der Waals surface area contributed by atoms with E-state index >= 15 is 0 Å².